The van der Waals surface area contributed by atoms with Crippen molar-refractivity contribution in [3.05, 3.63) is 29.6 Å². The summed E-state index contributed by atoms with van der Waals surface area (Å²) in [4.78, 5) is 15.9. The quantitative estimate of drug-likeness (QED) is 0.344. The van der Waals surface area contributed by atoms with Crippen LogP contribution in [0.5, 0.6) is 5.75 Å². The van der Waals surface area contributed by atoms with Gasteiger partial charge in [0.25, 0.3) is 0 Å². The lowest BCUT2D eigenvalue weighted by molar-refractivity contribution is -0.122. The van der Waals surface area contributed by atoms with Crippen molar-refractivity contribution in [3.8, 4) is 5.75 Å². The molecule has 1 aromatic rings. The summed E-state index contributed by atoms with van der Waals surface area (Å²) < 4.78 is 13.3. The van der Waals surface area contributed by atoms with Crippen LogP contribution < -0.4 is 16.0 Å². The molecule has 6 nitrogen and oxygen atoms in total. The number of rotatable bonds is 7. The highest BCUT2D eigenvalue weighted by molar-refractivity contribution is 5.81. The molecule has 4 N–H and O–H groups in total. The number of nitrogens with zero attached hydrogens (tertiary/aromatic N) is 1. The minimum Gasteiger partial charge on any atom is -0.505 e. The molecule has 2 rings (SSSR count). The number of carbonyl (C=O) groups excluding carboxylic acids is 1. The number of amides is 1. The monoisotopic (exact) mass is 322 g/mol. The number of halogens is 1. The van der Waals surface area contributed by atoms with E-state index in [9.17, 15) is 9.18 Å². The van der Waals surface area contributed by atoms with Crippen LogP contribution in [0.2, 0.25) is 0 Å². The van der Waals surface area contributed by atoms with Gasteiger partial charge in [0.2, 0.25) is 5.91 Å². The van der Waals surface area contributed by atoms with Crippen LogP contribution >= 0.6 is 0 Å². The standard InChI is InChI=1S/C16H23FN4O2/c1-2-18-16(20-8-7-19-15(23)12-4-5-12)21-10-11-3-6-14(22)13(17)9-11/h3,6,9,12,22H,2,4-5,7-8,10H2,1H3,(H,19,23)(H2,18,20,21). The summed E-state index contributed by atoms with van der Waals surface area (Å²) in [5.41, 5.74) is 0.666. The van der Waals surface area contributed by atoms with Gasteiger partial charge in [0.15, 0.2) is 17.5 Å². The summed E-state index contributed by atoms with van der Waals surface area (Å²) in [5, 5.41) is 18.2. The summed E-state index contributed by atoms with van der Waals surface area (Å²) in [6.07, 6.45) is 1.99. The molecule has 1 aromatic carbocycles. The summed E-state index contributed by atoms with van der Waals surface area (Å²) in [5.74, 6) is -0.0936. The lowest BCUT2D eigenvalue weighted by atomic mass is 10.2. The van der Waals surface area contributed by atoms with E-state index in [2.05, 4.69) is 20.9 Å². The molecule has 1 aliphatic carbocycles. The molecule has 0 saturated heterocycles. The van der Waals surface area contributed by atoms with Gasteiger partial charge in [-0.2, -0.15) is 0 Å². The first kappa shape index (κ1) is 17.1. The number of hydrogen-bond donors (Lipinski definition) is 4. The fourth-order valence-electron chi connectivity index (χ4n) is 2.02. The van der Waals surface area contributed by atoms with Crippen LogP contribution in [0.4, 0.5) is 4.39 Å². The largest absolute Gasteiger partial charge is 0.505 e. The number of phenols is 1. The molecule has 1 amide bonds. The molecule has 0 radical (unpaired) electrons. The fourth-order valence-corrected chi connectivity index (χ4v) is 2.02. The second-order valence-electron chi connectivity index (χ2n) is 5.47. The Bertz CT molecular complexity index is 573. The van der Waals surface area contributed by atoms with Crippen LogP contribution in [-0.2, 0) is 11.3 Å². The van der Waals surface area contributed by atoms with Gasteiger partial charge in [0.05, 0.1) is 6.54 Å². The van der Waals surface area contributed by atoms with Gasteiger partial charge in [-0.1, -0.05) is 6.07 Å². The van der Waals surface area contributed by atoms with Crippen LogP contribution in [-0.4, -0.2) is 36.6 Å². The van der Waals surface area contributed by atoms with E-state index >= 15 is 0 Å². The molecular weight excluding hydrogens is 299 g/mol. The van der Waals surface area contributed by atoms with Gasteiger partial charge in [-0.15, -0.1) is 0 Å². The van der Waals surface area contributed by atoms with E-state index in [1.54, 1.807) is 6.07 Å². The summed E-state index contributed by atoms with van der Waals surface area (Å²) >= 11 is 0. The molecule has 0 aliphatic heterocycles. The van der Waals surface area contributed by atoms with Crippen molar-refractivity contribution in [1.82, 2.24) is 16.0 Å². The molecule has 0 aromatic heterocycles. The normalized spacial score (nSPS) is 14.4. The highest BCUT2D eigenvalue weighted by Gasteiger charge is 2.28. The molecule has 1 aliphatic rings. The molecular formula is C16H23FN4O2. The van der Waals surface area contributed by atoms with Gasteiger partial charge in [0, 0.05) is 25.6 Å². The number of benzene rings is 1. The second kappa shape index (κ2) is 8.36. The molecule has 0 unspecified atom stereocenters. The molecule has 23 heavy (non-hydrogen) atoms. The van der Waals surface area contributed by atoms with E-state index < -0.39 is 5.82 Å². The molecule has 0 heterocycles. The van der Waals surface area contributed by atoms with Gasteiger partial charge >= 0.3 is 0 Å². The lowest BCUT2D eigenvalue weighted by Crippen LogP contribution is -2.41. The molecule has 126 valence electrons. The topological polar surface area (TPSA) is 85.8 Å². The zero-order chi connectivity index (χ0) is 16.7. The third-order valence-corrected chi connectivity index (χ3v) is 3.44. The zero-order valence-corrected chi connectivity index (χ0v) is 13.2. The summed E-state index contributed by atoms with van der Waals surface area (Å²) in [7, 11) is 0. The van der Waals surface area contributed by atoms with Crippen molar-refractivity contribution in [2.45, 2.75) is 26.3 Å². The lowest BCUT2D eigenvalue weighted by Gasteiger charge is -2.12. The van der Waals surface area contributed by atoms with Crippen molar-refractivity contribution in [2.24, 2.45) is 10.9 Å². The molecule has 0 bridgehead atoms. The molecule has 0 atom stereocenters. The first-order valence-corrected chi connectivity index (χ1v) is 7.87. The predicted molar refractivity (Wildman–Crippen MR) is 86.6 cm³/mol. The predicted octanol–water partition coefficient (Wildman–Crippen LogP) is 1.11. The third kappa shape index (κ3) is 5.77. The van der Waals surface area contributed by atoms with Gasteiger partial charge < -0.3 is 21.1 Å². The van der Waals surface area contributed by atoms with E-state index in [-0.39, 0.29) is 17.6 Å². The number of nitrogens with one attached hydrogen (secondary N) is 3. The van der Waals surface area contributed by atoms with Crippen molar-refractivity contribution >= 4 is 11.9 Å². The van der Waals surface area contributed by atoms with E-state index in [4.69, 9.17) is 5.11 Å². The van der Waals surface area contributed by atoms with Crippen LogP contribution in [0, 0.1) is 11.7 Å². The van der Waals surface area contributed by atoms with E-state index in [1.807, 2.05) is 6.92 Å². The van der Waals surface area contributed by atoms with Crippen LogP contribution in [0.3, 0.4) is 0 Å². The number of aliphatic imine (C=N–C) groups is 1. The van der Waals surface area contributed by atoms with Gasteiger partial charge in [-0.3, -0.25) is 4.79 Å². The smallest absolute Gasteiger partial charge is 0.223 e. The Morgan fingerprint density at radius 1 is 1.30 bits per heavy atom. The number of aromatic hydroxyl groups is 1. The Hall–Kier alpha value is -2.31. The highest BCUT2D eigenvalue weighted by Crippen LogP contribution is 2.28. The number of guanidine groups is 1. The SMILES string of the molecule is CCNC(=NCc1ccc(O)c(F)c1)NCCNC(=O)C1CC1. The number of phenolic OH excluding ortho intramolecular Hbond substituents is 1. The van der Waals surface area contributed by atoms with Crippen LogP contribution in [0.25, 0.3) is 0 Å². The molecule has 7 heteroatoms. The first-order chi connectivity index (χ1) is 11.1. The van der Waals surface area contributed by atoms with E-state index in [0.29, 0.717) is 37.7 Å². The maximum atomic E-state index is 13.3. The number of hydrogen-bond acceptors (Lipinski definition) is 3. The van der Waals surface area contributed by atoms with Gasteiger partial charge in [-0.05, 0) is 37.5 Å². The maximum Gasteiger partial charge on any atom is 0.223 e. The average molecular weight is 322 g/mol. The van der Waals surface area contributed by atoms with Crippen molar-refractivity contribution in [3.63, 3.8) is 0 Å². The Morgan fingerprint density at radius 3 is 2.70 bits per heavy atom. The minimum atomic E-state index is -0.654. The maximum absolute atomic E-state index is 13.3. The summed E-state index contributed by atoms with van der Waals surface area (Å²) in [6.45, 7) is 4.04. The Balaban J connectivity index is 1.78. The Labute approximate surface area is 135 Å². The van der Waals surface area contributed by atoms with Crippen molar-refractivity contribution in [1.29, 1.82) is 0 Å². The number of carbonyl (C=O) groups is 1. The minimum absolute atomic E-state index is 0.119. The third-order valence-electron chi connectivity index (χ3n) is 3.44. The van der Waals surface area contributed by atoms with Crippen molar-refractivity contribution in [2.75, 3.05) is 19.6 Å². The Kier molecular flexibility index (Phi) is 6.19. The van der Waals surface area contributed by atoms with Crippen LogP contribution in [0.15, 0.2) is 23.2 Å². The van der Waals surface area contributed by atoms with Crippen molar-refractivity contribution < 1.29 is 14.3 Å². The van der Waals surface area contributed by atoms with Gasteiger partial charge in [-0.25, -0.2) is 9.38 Å². The molecule has 0 spiro atoms. The average Bonchev–Trinajstić information content (AvgIpc) is 3.37. The Morgan fingerprint density at radius 2 is 2.04 bits per heavy atom. The fraction of sp³-hybridized carbons (Fsp3) is 0.500. The zero-order valence-electron chi connectivity index (χ0n) is 13.2. The van der Waals surface area contributed by atoms with E-state index in [1.165, 1.54) is 12.1 Å². The molecule has 1 fully saturated rings. The first-order valence-electron chi connectivity index (χ1n) is 7.87. The second-order valence-corrected chi connectivity index (χ2v) is 5.47. The van der Waals surface area contributed by atoms with Crippen LogP contribution in [0.1, 0.15) is 25.3 Å². The summed E-state index contributed by atoms with van der Waals surface area (Å²) in [6, 6.07) is 4.20. The van der Waals surface area contributed by atoms with E-state index in [0.717, 1.165) is 12.8 Å². The molecule has 1 saturated carbocycles. The highest BCUT2D eigenvalue weighted by atomic mass is 19.1. The van der Waals surface area contributed by atoms with Gasteiger partial charge in [0.1, 0.15) is 0 Å².